The number of ether oxygens (including phenoxy) is 2. The second-order valence-electron chi connectivity index (χ2n) is 3.52. The lowest BCUT2D eigenvalue weighted by Gasteiger charge is -2.09. The van der Waals surface area contributed by atoms with Gasteiger partial charge >= 0.3 is 12.4 Å². The molecule has 2 aromatic rings. The van der Waals surface area contributed by atoms with E-state index in [-0.39, 0.29) is 23.3 Å². The Morgan fingerprint density at radius 3 is 2.20 bits per heavy atom. The number of aromatic nitrogens is 2. The molecule has 0 atom stereocenters. The van der Waals surface area contributed by atoms with Gasteiger partial charge in [-0.15, -0.1) is 13.2 Å². The van der Waals surface area contributed by atoms with Crippen molar-refractivity contribution >= 4 is 21.7 Å². The zero-order chi connectivity index (χ0) is 14.8. The molecule has 0 saturated heterocycles. The minimum absolute atomic E-state index is 0.0265. The highest BCUT2D eigenvalue weighted by Crippen LogP contribution is 2.26. The van der Waals surface area contributed by atoms with Gasteiger partial charge in [0.1, 0.15) is 21.9 Å². The van der Waals surface area contributed by atoms with Crippen LogP contribution in [0.2, 0.25) is 0 Å². The predicted molar refractivity (Wildman–Crippen MR) is 67.3 cm³/mol. The molecule has 0 radical (unpaired) electrons. The molecule has 9 heteroatoms. The summed E-state index contributed by atoms with van der Waals surface area (Å²) < 4.78 is 45.4. The third kappa shape index (κ3) is 4.26. The van der Waals surface area contributed by atoms with Crippen LogP contribution in [0.4, 0.5) is 19.0 Å². The third-order valence-electron chi connectivity index (χ3n) is 1.96. The van der Waals surface area contributed by atoms with Crippen LogP contribution in [0.25, 0.3) is 0 Å². The van der Waals surface area contributed by atoms with Gasteiger partial charge in [0, 0.05) is 6.07 Å². The summed E-state index contributed by atoms with van der Waals surface area (Å²) >= 11 is 3.11. The fraction of sp³-hybridized carbons (Fsp3) is 0.0909. The van der Waals surface area contributed by atoms with Crippen LogP contribution in [0, 0.1) is 0 Å². The van der Waals surface area contributed by atoms with E-state index in [2.05, 4.69) is 30.6 Å². The van der Waals surface area contributed by atoms with Gasteiger partial charge in [0.05, 0.1) is 0 Å². The van der Waals surface area contributed by atoms with Gasteiger partial charge in [-0.05, 0) is 40.2 Å². The van der Waals surface area contributed by atoms with Crippen molar-refractivity contribution in [3.8, 4) is 17.5 Å². The van der Waals surface area contributed by atoms with Crippen LogP contribution in [0.5, 0.6) is 17.5 Å². The molecule has 0 amide bonds. The molecule has 2 rings (SSSR count). The Morgan fingerprint density at radius 2 is 1.65 bits per heavy atom. The molecular weight excluding hydrogens is 343 g/mol. The summed E-state index contributed by atoms with van der Waals surface area (Å²) in [6, 6.07) is 6.27. The molecule has 0 aliphatic rings. The molecule has 0 aliphatic heterocycles. The third-order valence-corrected chi connectivity index (χ3v) is 2.37. The number of nitrogens with two attached hydrogens (primary N) is 1. The molecule has 1 aromatic heterocycles. The molecule has 5 nitrogen and oxygen atoms in total. The van der Waals surface area contributed by atoms with Gasteiger partial charge in [0.25, 0.3) is 0 Å². The van der Waals surface area contributed by atoms with Crippen molar-refractivity contribution in [2.75, 3.05) is 5.73 Å². The van der Waals surface area contributed by atoms with Crippen molar-refractivity contribution in [2.24, 2.45) is 0 Å². The summed E-state index contributed by atoms with van der Waals surface area (Å²) in [6.07, 6.45) is -4.73. The van der Waals surface area contributed by atoms with Crippen LogP contribution in [-0.4, -0.2) is 16.3 Å². The van der Waals surface area contributed by atoms with Gasteiger partial charge < -0.3 is 15.2 Å². The molecular formula is C11H7BrF3N3O2. The lowest BCUT2D eigenvalue weighted by molar-refractivity contribution is -0.274. The molecule has 1 heterocycles. The highest BCUT2D eigenvalue weighted by atomic mass is 79.9. The van der Waals surface area contributed by atoms with Crippen LogP contribution in [-0.2, 0) is 0 Å². The predicted octanol–water partition coefficient (Wildman–Crippen LogP) is 3.51. The zero-order valence-electron chi connectivity index (χ0n) is 9.69. The molecule has 0 unspecified atom stereocenters. The summed E-state index contributed by atoms with van der Waals surface area (Å²) in [5.74, 6) is 0.0930. The normalized spacial score (nSPS) is 11.2. The number of nitrogen functional groups attached to an aromatic ring is 1. The SMILES string of the molecule is Nc1cc(Br)nc(Oc2ccc(OC(F)(F)F)cc2)n1. The van der Waals surface area contributed by atoms with E-state index in [0.29, 0.717) is 4.60 Å². The first-order chi connectivity index (χ1) is 9.32. The maximum Gasteiger partial charge on any atom is 0.573 e. The van der Waals surface area contributed by atoms with Crippen molar-refractivity contribution in [3.05, 3.63) is 34.9 Å². The Hall–Kier alpha value is -2.03. The summed E-state index contributed by atoms with van der Waals surface area (Å²) in [6.45, 7) is 0. The molecule has 0 spiro atoms. The van der Waals surface area contributed by atoms with E-state index in [9.17, 15) is 13.2 Å². The van der Waals surface area contributed by atoms with Crippen LogP contribution in [0.1, 0.15) is 0 Å². The average molecular weight is 350 g/mol. The molecule has 106 valence electrons. The van der Waals surface area contributed by atoms with Gasteiger partial charge in [-0.1, -0.05) is 0 Å². The number of anilines is 1. The van der Waals surface area contributed by atoms with Crippen LogP contribution in [0.3, 0.4) is 0 Å². The molecule has 20 heavy (non-hydrogen) atoms. The Kier molecular flexibility index (Phi) is 3.98. The van der Waals surface area contributed by atoms with E-state index in [0.717, 1.165) is 12.1 Å². The topological polar surface area (TPSA) is 70.3 Å². The van der Waals surface area contributed by atoms with Gasteiger partial charge in [-0.25, -0.2) is 0 Å². The van der Waals surface area contributed by atoms with Gasteiger partial charge in [0.2, 0.25) is 0 Å². The van der Waals surface area contributed by atoms with Crippen molar-refractivity contribution in [3.63, 3.8) is 0 Å². The van der Waals surface area contributed by atoms with E-state index >= 15 is 0 Å². The fourth-order valence-electron chi connectivity index (χ4n) is 1.27. The van der Waals surface area contributed by atoms with E-state index < -0.39 is 6.36 Å². The first-order valence-corrected chi connectivity index (χ1v) is 5.95. The quantitative estimate of drug-likeness (QED) is 0.858. The summed E-state index contributed by atoms with van der Waals surface area (Å²) in [7, 11) is 0. The van der Waals surface area contributed by atoms with E-state index in [1.54, 1.807) is 0 Å². The first kappa shape index (κ1) is 14.4. The highest BCUT2D eigenvalue weighted by molar-refractivity contribution is 9.10. The maximum absolute atomic E-state index is 12.0. The van der Waals surface area contributed by atoms with E-state index in [1.165, 1.54) is 18.2 Å². The number of halogens is 4. The summed E-state index contributed by atoms with van der Waals surface area (Å²) in [5, 5.41) is 0. The smallest absolute Gasteiger partial charge is 0.424 e. The summed E-state index contributed by atoms with van der Waals surface area (Å²) in [4.78, 5) is 7.72. The maximum atomic E-state index is 12.0. The van der Waals surface area contributed by atoms with Gasteiger partial charge in [-0.2, -0.15) is 9.97 Å². The lowest BCUT2D eigenvalue weighted by Crippen LogP contribution is -2.16. The molecule has 0 aliphatic carbocycles. The standard InChI is InChI=1S/C11H7BrF3N3O2/c12-8-5-9(16)18-10(17-8)19-6-1-3-7(4-2-6)20-11(13,14)15/h1-5H,(H2,16,17,18). The molecule has 0 saturated carbocycles. The Morgan fingerprint density at radius 1 is 1.05 bits per heavy atom. The van der Waals surface area contributed by atoms with E-state index in [4.69, 9.17) is 10.5 Å². The van der Waals surface area contributed by atoms with Crippen molar-refractivity contribution in [1.82, 2.24) is 9.97 Å². The fourth-order valence-corrected chi connectivity index (χ4v) is 1.66. The molecule has 0 bridgehead atoms. The average Bonchev–Trinajstić information content (AvgIpc) is 2.28. The number of hydrogen-bond donors (Lipinski definition) is 1. The van der Waals surface area contributed by atoms with Crippen molar-refractivity contribution in [2.45, 2.75) is 6.36 Å². The molecule has 0 fully saturated rings. The van der Waals surface area contributed by atoms with E-state index in [1.807, 2.05) is 0 Å². The Labute approximate surface area is 119 Å². The second kappa shape index (κ2) is 5.53. The van der Waals surface area contributed by atoms with Crippen LogP contribution in [0.15, 0.2) is 34.9 Å². The van der Waals surface area contributed by atoms with Crippen LogP contribution >= 0.6 is 15.9 Å². The molecule has 1 aromatic carbocycles. The highest BCUT2D eigenvalue weighted by Gasteiger charge is 2.30. The Balaban J connectivity index is 2.10. The number of alkyl halides is 3. The second-order valence-corrected chi connectivity index (χ2v) is 4.33. The monoisotopic (exact) mass is 349 g/mol. The van der Waals surface area contributed by atoms with Crippen molar-refractivity contribution < 1.29 is 22.6 Å². The lowest BCUT2D eigenvalue weighted by atomic mass is 10.3. The minimum Gasteiger partial charge on any atom is -0.424 e. The van der Waals surface area contributed by atoms with Gasteiger partial charge in [0.15, 0.2) is 0 Å². The minimum atomic E-state index is -4.73. The Bertz CT molecular complexity index is 585. The largest absolute Gasteiger partial charge is 0.573 e. The first-order valence-electron chi connectivity index (χ1n) is 5.15. The van der Waals surface area contributed by atoms with Crippen molar-refractivity contribution in [1.29, 1.82) is 0 Å². The number of rotatable bonds is 3. The number of hydrogen-bond acceptors (Lipinski definition) is 5. The number of nitrogens with zero attached hydrogens (tertiary/aromatic N) is 2. The summed E-state index contributed by atoms with van der Waals surface area (Å²) in [5.41, 5.74) is 5.50. The van der Waals surface area contributed by atoms with Gasteiger partial charge in [-0.3, -0.25) is 0 Å². The molecule has 2 N–H and O–H groups in total. The van der Waals surface area contributed by atoms with Crippen LogP contribution < -0.4 is 15.2 Å². The zero-order valence-corrected chi connectivity index (χ0v) is 11.3. The number of benzene rings is 1.